The van der Waals surface area contributed by atoms with Gasteiger partial charge >= 0.3 is 5.97 Å². The minimum atomic E-state index is -0.374. The first kappa shape index (κ1) is 22.7. The largest absolute Gasteiger partial charge is 0.465 e. The molecule has 1 aromatic rings. The molecule has 148 valence electrons. The quantitative estimate of drug-likeness (QED) is 0.252. The van der Waals surface area contributed by atoms with Crippen molar-refractivity contribution in [3.05, 3.63) is 30.1 Å². The Bertz CT molecular complexity index is 499. The van der Waals surface area contributed by atoms with Crippen LogP contribution in [-0.2, 0) is 16.1 Å². The SMILES string of the molecule is CCCCC(CCCC)c1cc[n+](CCCOC(=O)C(C)(C)CC)cc1. The third kappa shape index (κ3) is 7.88. The van der Waals surface area contributed by atoms with Crippen LogP contribution in [0.4, 0.5) is 0 Å². The number of unbranched alkanes of at least 4 members (excludes halogenated alkanes) is 2. The number of rotatable bonds is 13. The Balaban J connectivity index is 2.46. The van der Waals surface area contributed by atoms with Gasteiger partial charge in [-0.3, -0.25) is 4.79 Å². The summed E-state index contributed by atoms with van der Waals surface area (Å²) in [4.78, 5) is 12.0. The molecule has 0 radical (unpaired) electrons. The summed E-state index contributed by atoms with van der Waals surface area (Å²) >= 11 is 0. The zero-order valence-electron chi connectivity index (χ0n) is 17.7. The molecule has 0 bridgehead atoms. The van der Waals surface area contributed by atoms with Crippen molar-refractivity contribution in [2.75, 3.05) is 6.61 Å². The van der Waals surface area contributed by atoms with E-state index >= 15 is 0 Å². The van der Waals surface area contributed by atoms with Gasteiger partial charge in [0, 0.05) is 18.6 Å². The molecule has 0 spiro atoms. The lowest BCUT2D eigenvalue weighted by atomic mass is 9.89. The first-order chi connectivity index (χ1) is 12.4. The zero-order valence-corrected chi connectivity index (χ0v) is 17.7. The van der Waals surface area contributed by atoms with Gasteiger partial charge in [-0.15, -0.1) is 0 Å². The fraction of sp³-hybridized carbons (Fsp3) is 0.739. The van der Waals surface area contributed by atoms with E-state index in [2.05, 4.69) is 42.9 Å². The summed E-state index contributed by atoms with van der Waals surface area (Å²) in [6.07, 6.45) is 13.8. The van der Waals surface area contributed by atoms with Gasteiger partial charge in [-0.25, -0.2) is 4.57 Å². The Morgan fingerprint density at radius 1 is 1.04 bits per heavy atom. The van der Waals surface area contributed by atoms with Crippen LogP contribution in [0.1, 0.15) is 97.5 Å². The van der Waals surface area contributed by atoms with E-state index in [0.29, 0.717) is 12.5 Å². The standard InChI is InChI=1S/C23H40NO2/c1-6-9-12-20(13-10-7-2)21-14-17-24(18-15-21)16-11-19-26-22(25)23(4,5)8-3/h14-15,17-18,20H,6-13,16,19H2,1-5H3/q+1. The van der Waals surface area contributed by atoms with Crippen LogP contribution in [0.25, 0.3) is 0 Å². The molecule has 1 heterocycles. The van der Waals surface area contributed by atoms with Crippen LogP contribution < -0.4 is 4.57 Å². The third-order valence-corrected chi connectivity index (χ3v) is 5.43. The highest BCUT2D eigenvalue weighted by atomic mass is 16.5. The topological polar surface area (TPSA) is 30.2 Å². The first-order valence-electron chi connectivity index (χ1n) is 10.6. The van der Waals surface area contributed by atoms with Crippen molar-refractivity contribution >= 4 is 5.97 Å². The molecule has 0 N–H and O–H groups in total. The minimum absolute atomic E-state index is 0.0879. The molecule has 1 aromatic heterocycles. The van der Waals surface area contributed by atoms with Crippen LogP contribution in [-0.4, -0.2) is 12.6 Å². The summed E-state index contributed by atoms with van der Waals surface area (Å²) in [6.45, 7) is 11.8. The average molecular weight is 363 g/mol. The molecule has 0 aliphatic heterocycles. The molecule has 0 amide bonds. The highest BCUT2D eigenvalue weighted by molar-refractivity contribution is 5.75. The summed E-state index contributed by atoms with van der Waals surface area (Å²) in [5.74, 6) is 0.608. The number of nitrogens with zero attached hydrogens (tertiary/aromatic N) is 1. The van der Waals surface area contributed by atoms with E-state index in [1.807, 2.05) is 20.8 Å². The van der Waals surface area contributed by atoms with E-state index < -0.39 is 0 Å². The van der Waals surface area contributed by atoms with Crippen molar-refractivity contribution < 1.29 is 14.1 Å². The molecule has 3 nitrogen and oxygen atoms in total. The maximum atomic E-state index is 12.0. The van der Waals surface area contributed by atoms with Gasteiger partial charge in [-0.1, -0.05) is 46.5 Å². The fourth-order valence-corrected chi connectivity index (χ4v) is 3.02. The molecule has 0 atom stereocenters. The minimum Gasteiger partial charge on any atom is -0.465 e. The van der Waals surface area contributed by atoms with E-state index in [-0.39, 0.29) is 11.4 Å². The average Bonchev–Trinajstić information content (AvgIpc) is 2.65. The number of hydrogen-bond acceptors (Lipinski definition) is 2. The van der Waals surface area contributed by atoms with Crippen LogP contribution in [0.15, 0.2) is 24.5 Å². The Morgan fingerprint density at radius 2 is 1.62 bits per heavy atom. The molecule has 0 unspecified atom stereocenters. The van der Waals surface area contributed by atoms with Crippen molar-refractivity contribution in [1.29, 1.82) is 0 Å². The predicted molar refractivity (Wildman–Crippen MR) is 108 cm³/mol. The monoisotopic (exact) mass is 362 g/mol. The van der Waals surface area contributed by atoms with E-state index in [0.717, 1.165) is 19.4 Å². The number of carbonyl (C=O) groups is 1. The predicted octanol–water partition coefficient (Wildman–Crippen LogP) is 5.81. The van der Waals surface area contributed by atoms with Crippen LogP contribution in [0.5, 0.6) is 0 Å². The van der Waals surface area contributed by atoms with Crippen molar-refractivity contribution in [2.24, 2.45) is 5.41 Å². The molecule has 26 heavy (non-hydrogen) atoms. The van der Waals surface area contributed by atoms with Gasteiger partial charge in [0.1, 0.15) is 0 Å². The van der Waals surface area contributed by atoms with Crippen LogP contribution in [0.2, 0.25) is 0 Å². The highest BCUT2D eigenvalue weighted by Crippen LogP contribution is 2.27. The van der Waals surface area contributed by atoms with Crippen molar-refractivity contribution in [2.45, 2.75) is 98.4 Å². The van der Waals surface area contributed by atoms with Crippen LogP contribution >= 0.6 is 0 Å². The molecular weight excluding hydrogens is 322 g/mol. The molecular formula is C23H40NO2+. The van der Waals surface area contributed by atoms with E-state index in [1.54, 1.807) is 0 Å². The number of aryl methyl sites for hydroxylation is 1. The summed E-state index contributed by atoms with van der Waals surface area (Å²) in [6, 6.07) is 4.56. The van der Waals surface area contributed by atoms with Gasteiger partial charge in [-0.05, 0) is 44.6 Å². The normalized spacial score (nSPS) is 11.8. The lowest BCUT2D eigenvalue weighted by Crippen LogP contribution is -2.34. The second-order valence-corrected chi connectivity index (χ2v) is 8.08. The maximum absolute atomic E-state index is 12.0. The number of esters is 1. The summed E-state index contributed by atoms with van der Waals surface area (Å²) in [7, 11) is 0. The van der Waals surface area contributed by atoms with Gasteiger partial charge in [0.2, 0.25) is 0 Å². The Hall–Kier alpha value is -1.38. The van der Waals surface area contributed by atoms with Gasteiger partial charge in [-0.2, -0.15) is 0 Å². The second kappa shape index (κ2) is 12.1. The lowest BCUT2D eigenvalue weighted by Gasteiger charge is -2.20. The Labute approximate surface area is 161 Å². The molecule has 0 fully saturated rings. The van der Waals surface area contributed by atoms with Gasteiger partial charge < -0.3 is 4.74 Å². The number of pyridine rings is 1. The molecule has 1 rings (SSSR count). The van der Waals surface area contributed by atoms with E-state index in [9.17, 15) is 4.79 Å². The Morgan fingerprint density at radius 3 is 2.12 bits per heavy atom. The van der Waals surface area contributed by atoms with Gasteiger partial charge in [0.25, 0.3) is 0 Å². The summed E-state index contributed by atoms with van der Waals surface area (Å²) in [5, 5.41) is 0. The highest BCUT2D eigenvalue weighted by Gasteiger charge is 2.26. The summed E-state index contributed by atoms with van der Waals surface area (Å²) < 4.78 is 7.61. The van der Waals surface area contributed by atoms with Crippen LogP contribution in [0.3, 0.4) is 0 Å². The first-order valence-corrected chi connectivity index (χ1v) is 10.6. The molecule has 0 aromatic carbocycles. The molecule has 0 saturated carbocycles. The second-order valence-electron chi connectivity index (χ2n) is 8.08. The van der Waals surface area contributed by atoms with Gasteiger partial charge in [0.15, 0.2) is 18.9 Å². The number of hydrogen-bond donors (Lipinski definition) is 0. The van der Waals surface area contributed by atoms with Crippen molar-refractivity contribution in [1.82, 2.24) is 0 Å². The van der Waals surface area contributed by atoms with Gasteiger partial charge in [0.05, 0.1) is 12.0 Å². The van der Waals surface area contributed by atoms with E-state index in [4.69, 9.17) is 4.74 Å². The fourth-order valence-electron chi connectivity index (χ4n) is 3.02. The molecule has 0 saturated heterocycles. The molecule has 3 heteroatoms. The zero-order chi connectivity index (χ0) is 19.4. The maximum Gasteiger partial charge on any atom is 0.311 e. The van der Waals surface area contributed by atoms with Crippen molar-refractivity contribution in [3.8, 4) is 0 Å². The Kier molecular flexibility index (Phi) is 10.5. The molecule has 0 aliphatic carbocycles. The number of ether oxygens (including phenoxy) is 1. The molecule has 0 aliphatic rings. The van der Waals surface area contributed by atoms with E-state index in [1.165, 1.54) is 44.1 Å². The van der Waals surface area contributed by atoms with Crippen molar-refractivity contribution in [3.63, 3.8) is 0 Å². The smallest absolute Gasteiger partial charge is 0.311 e. The third-order valence-electron chi connectivity index (χ3n) is 5.43. The summed E-state index contributed by atoms with van der Waals surface area (Å²) in [5.41, 5.74) is 1.10. The number of aromatic nitrogens is 1. The van der Waals surface area contributed by atoms with Crippen LogP contribution in [0, 0.1) is 5.41 Å². The lowest BCUT2D eigenvalue weighted by molar-refractivity contribution is -0.697. The number of carbonyl (C=O) groups excluding carboxylic acids is 1.